The van der Waals surface area contributed by atoms with Gasteiger partial charge in [0.2, 0.25) is 0 Å². The van der Waals surface area contributed by atoms with Gasteiger partial charge in [-0.15, -0.1) is 0 Å². The van der Waals surface area contributed by atoms with E-state index in [1.165, 1.54) is 10.6 Å². The van der Waals surface area contributed by atoms with E-state index in [1.54, 1.807) is 37.6 Å². The molecule has 0 spiro atoms. The second kappa shape index (κ2) is 6.63. The van der Waals surface area contributed by atoms with Gasteiger partial charge >= 0.3 is 0 Å². The third-order valence-corrected chi connectivity index (χ3v) is 4.68. The van der Waals surface area contributed by atoms with Crippen LogP contribution < -0.4 is 15.2 Å². The molecule has 128 valence electrons. The molecule has 2 aromatic rings. The van der Waals surface area contributed by atoms with Gasteiger partial charge in [0.15, 0.2) is 17.4 Å². The highest BCUT2D eigenvalue weighted by molar-refractivity contribution is 5.36. The van der Waals surface area contributed by atoms with Crippen LogP contribution >= 0.6 is 0 Å². The number of piperidine rings is 1. The second-order valence-electron chi connectivity index (χ2n) is 6.68. The average Bonchev–Trinajstić information content (AvgIpc) is 2.58. The predicted molar refractivity (Wildman–Crippen MR) is 90.9 cm³/mol. The van der Waals surface area contributed by atoms with Gasteiger partial charge in [-0.2, -0.15) is 0 Å². The van der Waals surface area contributed by atoms with E-state index in [4.69, 9.17) is 4.74 Å². The van der Waals surface area contributed by atoms with Crippen molar-refractivity contribution in [2.24, 2.45) is 12.5 Å². The molecule has 24 heavy (non-hydrogen) atoms. The highest BCUT2D eigenvalue weighted by atomic mass is 19.1. The van der Waals surface area contributed by atoms with Gasteiger partial charge in [0.25, 0.3) is 5.56 Å². The maximum Gasteiger partial charge on any atom is 0.293 e. The van der Waals surface area contributed by atoms with E-state index in [0.717, 1.165) is 25.9 Å². The van der Waals surface area contributed by atoms with Gasteiger partial charge in [-0.3, -0.25) is 4.79 Å². The molecule has 6 heteroatoms. The first-order valence-corrected chi connectivity index (χ1v) is 8.12. The predicted octanol–water partition coefficient (Wildman–Crippen LogP) is 2.60. The van der Waals surface area contributed by atoms with Gasteiger partial charge in [0.1, 0.15) is 0 Å². The lowest BCUT2D eigenvalue weighted by Crippen LogP contribution is -2.44. The number of nitrogens with zero attached hydrogens (tertiary/aromatic N) is 3. The summed E-state index contributed by atoms with van der Waals surface area (Å²) in [5, 5.41) is 0. The summed E-state index contributed by atoms with van der Waals surface area (Å²) >= 11 is 0. The number of aromatic nitrogens is 2. The molecule has 5 nitrogen and oxygen atoms in total. The number of benzene rings is 1. The molecule has 1 aliphatic rings. The molecule has 0 saturated carbocycles. The first kappa shape index (κ1) is 16.5. The summed E-state index contributed by atoms with van der Waals surface area (Å²) in [7, 11) is 1.73. The lowest BCUT2D eigenvalue weighted by Gasteiger charge is -2.39. The van der Waals surface area contributed by atoms with E-state index in [1.807, 2.05) is 4.90 Å². The molecule has 1 aromatic carbocycles. The monoisotopic (exact) mass is 331 g/mol. The van der Waals surface area contributed by atoms with Crippen LogP contribution in [0.5, 0.6) is 5.75 Å². The van der Waals surface area contributed by atoms with Crippen molar-refractivity contribution >= 4 is 5.82 Å². The van der Waals surface area contributed by atoms with Crippen molar-refractivity contribution in [1.29, 1.82) is 0 Å². The first-order valence-electron chi connectivity index (χ1n) is 8.12. The van der Waals surface area contributed by atoms with Crippen LogP contribution in [0.15, 0.2) is 41.5 Å². The maximum atomic E-state index is 13.7. The number of hydrogen-bond donors (Lipinski definition) is 0. The molecular formula is C18H22FN3O2. The number of ether oxygens (including phenoxy) is 1. The number of halogens is 1. The summed E-state index contributed by atoms with van der Waals surface area (Å²) < 4.78 is 20.9. The summed E-state index contributed by atoms with van der Waals surface area (Å²) in [6.07, 6.45) is 5.02. The highest BCUT2D eigenvalue weighted by Gasteiger charge is 2.32. The molecule has 0 bridgehead atoms. The number of aryl methyl sites for hydroxylation is 1. The van der Waals surface area contributed by atoms with Gasteiger partial charge in [-0.1, -0.05) is 19.1 Å². The molecule has 1 saturated heterocycles. The summed E-state index contributed by atoms with van der Waals surface area (Å²) in [5.41, 5.74) is -0.123. The minimum atomic E-state index is -0.337. The first-order chi connectivity index (χ1) is 11.5. The summed E-state index contributed by atoms with van der Waals surface area (Å²) in [6.45, 7) is 4.08. The number of anilines is 1. The van der Waals surface area contributed by atoms with Crippen molar-refractivity contribution in [1.82, 2.24) is 9.55 Å². The molecule has 0 amide bonds. The Morgan fingerprint density at radius 1 is 1.29 bits per heavy atom. The lowest BCUT2D eigenvalue weighted by molar-refractivity contribution is 0.127. The van der Waals surface area contributed by atoms with Crippen LogP contribution in [-0.4, -0.2) is 29.2 Å². The third-order valence-electron chi connectivity index (χ3n) is 4.68. The van der Waals surface area contributed by atoms with Crippen molar-refractivity contribution in [2.75, 3.05) is 24.6 Å². The molecule has 0 aliphatic carbocycles. The average molecular weight is 331 g/mol. The van der Waals surface area contributed by atoms with Crippen molar-refractivity contribution < 1.29 is 9.13 Å². The quantitative estimate of drug-likeness (QED) is 0.864. The molecule has 1 aromatic heterocycles. The molecular weight excluding hydrogens is 309 g/mol. The fourth-order valence-electron chi connectivity index (χ4n) is 2.92. The summed E-state index contributed by atoms with van der Waals surface area (Å²) in [6, 6.07) is 6.46. The van der Waals surface area contributed by atoms with E-state index in [2.05, 4.69) is 11.9 Å². The van der Waals surface area contributed by atoms with Crippen molar-refractivity contribution in [3.05, 3.63) is 52.8 Å². The minimum Gasteiger partial charge on any atom is -0.490 e. The topological polar surface area (TPSA) is 47.4 Å². The Kier molecular flexibility index (Phi) is 4.55. The van der Waals surface area contributed by atoms with Gasteiger partial charge in [0.05, 0.1) is 6.61 Å². The van der Waals surface area contributed by atoms with Crippen LogP contribution in [-0.2, 0) is 7.05 Å². The maximum absolute atomic E-state index is 13.7. The lowest BCUT2D eigenvalue weighted by atomic mass is 9.81. The summed E-state index contributed by atoms with van der Waals surface area (Å²) in [4.78, 5) is 18.4. The largest absolute Gasteiger partial charge is 0.490 e. The van der Waals surface area contributed by atoms with Crippen LogP contribution in [0.4, 0.5) is 10.2 Å². The van der Waals surface area contributed by atoms with Crippen LogP contribution in [0, 0.1) is 11.2 Å². The zero-order valence-corrected chi connectivity index (χ0v) is 14.0. The smallest absolute Gasteiger partial charge is 0.293 e. The van der Waals surface area contributed by atoms with Crippen LogP contribution in [0.2, 0.25) is 0 Å². The Labute approximate surface area is 140 Å². The van der Waals surface area contributed by atoms with Gasteiger partial charge in [-0.05, 0) is 25.0 Å². The van der Waals surface area contributed by atoms with E-state index >= 15 is 0 Å². The van der Waals surface area contributed by atoms with Gasteiger partial charge < -0.3 is 14.2 Å². The molecule has 2 heterocycles. The fourth-order valence-corrected chi connectivity index (χ4v) is 2.92. The normalized spacial score (nSPS) is 16.9. The molecule has 0 radical (unpaired) electrons. The highest BCUT2D eigenvalue weighted by Crippen LogP contribution is 2.33. The van der Waals surface area contributed by atoms with Gasteiger partial charge in [0, 0.05) is 37.9 Å². The zero-order chi connectivity index (χ0) is 17.2. The molecule has 0 atom stereocenters. The minimum absolute atomic E-state index is 0.0429. The Hall–Kier alpha value is -2.37. The van der Waals surface area contributed by atoms with Crippen molar-refractivity contribution in [2.45, 2.75) is 19.8 Å². The van der Waals surface area contributed by atoms with E-state index in [0.29, 0.717) is 18.2 Å². The van der Waals surface area contributed by atoms with E-state index in [-0.39, 0.29) is 16.8 Å². The molecule has 3 rings (SSSR count). The Morgan fingerprint density at radius 3 is 2.71 bits per heavy atom. The standard InChI is InChI=1S/C18H22FN3O2/c1-18(13-24-15-6-4-3-5-14(15)19)7-10-22(11-8-18)16-17(23)21(2)12-9-20-16/h3-6,9,12H,7-8,10-11,13H2,1-2H3. The van der Waals surface area contributed by atoms with Gasteiger partial charge in [-0.25, -0.2) is 9.37 Å². The molecule has 0 N–H and O–H groups in total. The third kappa shape index (κ3) is 3.42. The van der Waals surface area contributed by atoms with E-state index < -0.39 is 0 Å². The SMILES string of the molecule is Cn1ccnc(N2CCC(C)(COc3ccccc3F)CC2)c1=O. The molecule has 0 unspecified atom stereocenters. The van der Waals surface area contributed by atoms with E-state index in [9.17, 15) is 9.18 Å². The number of rotatable bonds is 4. The zero-order valence-electron chi connectivity index (χ0n) is 14.0. The fraction of sp³-hybridized carbons (Fsp3) is 0.444. The summed E-state index contributed by atoms with van der Waals surface area (Å²) in [5.74, 6) is 0.451. The number of para-hydroxylation sites is 1. The molecule has 1 fully saturated rings. The number of hydrogen-bond acceptors (Lipinski definition) is 4. The Bertz CT molecular complexity index is 767. The van der Waals surface area contributed by atoms with Crippen molar-refractivity contribution in [3.63, 3.8) is 0 Å². The second-order valence-corrected chi connectivity index (χ2v) is 6.68. The Morgan fingerprint density at radius 2 is 2.00 bits per heavy atom. The molecule has 1 aliphatic heterocycles. The van der Waals surface area contributed by atoms with Crippen LogP contribution in [0.25, 0.3) is 0 Å². The van der Waals surface area contributed by atoms with Crippen molar-refractivity contribution in [3.8, 4) is 5.75 Å². The van der Waals surface area contributed by atoms with Crippen LogP contribution in [0.3, 0.4) is 0 Å². The Balaban J connectivity index is 1.62. The van der Waals surface area contributed by atoms with Crippen LogP contribution in [0.1, 0.15) is 19.8 Å².